The number of anilines is 2. The Hall–Kier alpha value is -5.06. The first kappa shape index (κ1) is 45.5. The topological polar surface area (TPSA) is 142 Å². The molecule has 0 spiro atoms. The number of nitrogens with one attached hydrogen (secondary N) is 1. The molecule has 330 valence electrons. The monoisotopic (exact) mass is 875 g/mol. The van der Waals surface area contributed by atoms with E-state index in [0.29, 0.717) is 30.7 Å². The molecule has 6 rings (SSSR count). The number of hydrogen-bond donors (Lipinski definition) is 1. The largest absolute Gasteiger partial charge is 0.462 e. The van der Waals surface area contributed by atoms with Crippen LogP contribution in [0, 0.1) is 23.0 Å². The quantitative estimate of drug-likeness (QED) is 0.161. The van der Waals surface area contributed by atoms with E-state index in [-0.39, 0.29) is 64.1 Å². The zero-order chi connectivity index (χ0) is 44.9. The number of nitrogens with zero attached hydrogens (tertiary/aromatic N) is 6. The summed E-state index contributed by atoms with van der Waals surface area (Å²) in [5.74, 6) is -2.40. The maximum absolute atomic E-state index is 17.6. The Balaban J connectivity index is 1.57. The molecule has 0 aliphatic carbocycles. The first-order valence-electron chi connectivity index (χ1n) is 19.8. The highest BCUT2D eigenvalue weighted by Crippen LogP contribution is 2.49. The molecule has 2 saturated heterocycles. The van der Waals surface area contributed by atoms with Gasteiger partial charge in [-0.25, -0.2) is 18.4 Å². The van der Waals surface area contributed by atoms with E-state index in [4.69, 9.17) is 18.9 Å². The third-order valence-corrected chi connectivity index (χ3v) is 11.8. The number of hydrogen-bond acceptors (Lipinski definition) is 12. The molecular weight excluding hydrogens is 826 g/mol. The van der Waals surface area contributed by atoms with Gasteiger partial charge in [0.2, 0.25) is 0 Å². The fraction of sp³-hybridized carbons (Fsp3) is 0.548. The first-order chi connectivity index (χ1) is 28.5. The van der Waals surface area contributed by atoms with Gasteiger partial charge >= 0.3 is 24.4 Å². The van der Waals surface area contributed by atoms with Crippen LogP contribution in [0.1, 0.15) is 79.4 Å². The fourth-order valence-corrected chi connectivity index (χ4v) is 9.03. The standard InChI is InChI=1S/C42H50F5N7O6S/c1-11-53(29-14-15-54(21(29)2)39(56)60-41(6,7)8)35-25-17-27(42(45,46)47)31(32(44)33(25)49-37(50-35)58-20-22-16-23(57-10)19-52(22)9)24-12-13-28(43)34-30(24)26(18-48)36(61-34)51-38(55)59-40(3,4)5/h12-13,17,21-23,29H,11,14-16,19-20H2,1-10H3,(H,51,55)/t21-,22+,23-,29-/m1/s1. The molecule has 4 atom stereocenters. The van der Waals surface area contributed by atoms with Crippen molar-refractivity contribution in [2.45, 2.75) is 110 Å². The van der Waals surface area contributed by atoms with Crippen LogP contribution in [-0.4, -0.2) is 108 Å². The lowest BCUT2D eigenvalue weighted by Gasteiger charge is -2.35. The predicted octanol–water partition coefficient (Wildman–Crippen LogP) is 9.35. The lowest BCUT2D eigenvalue weighted by atomic mass is 9.92. The molecule has 61 heavy (non-hydrogen) atoms. The SMILES string of the molecule is CCN(c1nc(OC[C@@H]2C[C@@H](OC)CN2C)nc2c(F)c(-c3ccc(F)c4sc(NC(=O)OC(C)(C)C)c(C#N)c34)c(C(F)(F)F)cc12)[C@@H]1CCN(C(=O)OC(C)(C)C)[C@@H]1C. The summed E-state index contributed by atoms with van der Waals surface area (Å²) in [4.78, 5) is 40.3. The van der Waals surface area contributed by atoms with Crippen molar-refractivity contribution in [2.75, 3.05) is 50.6 Å². The number of carbonyl (C=O) groups is 2. The lowest BCUT2D eigenvalue weighted by Crippen LogP contribution is -2.47. The molecule has 19 heteroatoms. The maximum Gasteiger partial charge on any atom is 0.417 e. The van der Waals surface area contributed by atoms with E-state index < -0.39 is 81.1 Å². The van der Waals surface area contributed by atoms with Crippen LogP contribution in [0.15, 0.2) is 18.2 Å². The van der Waals surface area contributed by atoms with Crippen LogP contribution in [-0.2, 0) is 20.4 Å². The molecule has 0 saturated carbocycles. The van der Waals surface area contributed by atoms with E-state index in [1.165, 1.54) is 0 Å². The van der Waals surface area contributed by atoms with Gasteiger partial charge in [0.15, 0.2) is 5.82 Å². The third-order valence-electron chi connectivity index (χ3n) is 10.7. The van der Waals surface area contributed by atoms with Crippen LogP contribution in [0.5, 0.6) is 6.01 Å². The second-order valence-corrected chi connectivity index (χ2v) is 18.3. The van der Waals surface area contributed by atoms with Crippen LogP contribution >= 0.6 is 11.3 Å². The van der Waals surface area contributed by atoms with Gasteiger partial charge in [-0.2, -0.15) is 28.4 Å². The molecule has 4 heterocycles. The lowest BCUT2D eigenvalue weighted by molar-refractivity contribution is -0.137. The second-order valence-electron chi connectivity index (χ2n) is 17.2. The molecular formula is C42H50F5N7O6S. The third kappa shape index (κ3) is 9.41. The zero-order valence-electron chi connectivity index (χ0n) is 35.7. The fourth-order valence-electron chi connectivity index (χ4n) is 7.96. The summed E-state index contributed by atoms with van der Waals surface area (Å²) in [5, 5.41) is 11.9. The number of aromatic nitrogens is 2. The minimum Gasteiger partial charge on any atom is -0.462 e. The Morgan fingerprint density at radius 1 is 1.08 bits per heavy atom. The Morgan fingerprint density at radius 2 is 1.77 bits per heavy atom. The number of carbonyl (C=O) groups excluding carboxylic acids is 2. The maximum atomic E-state index is 17.6. The highest BCUT2D eigenvalue weighted by Gasteiger charge is 2.42. The van der Waals surface area contributed by atoms with Crippen molar-refractivity contribution in [2.24, 2.45) is 0 Å². The summed E-state index contributed by atoms with van der Waals surface area (Å²) < 4.78 is 102. The highest BCUT2D eigenvalue weighted by molar-refractivity contribution is 7.23. The number of rotatable bonds is 9. The van der Waals surface area contributed by atoms with E-state index in [1.807, 2.05) is 18.0 Å². The number of ether oxygens (including phenoxy) is 4. The molecule has 0 radical (unpaired) electrons. The molecule has 2 aliphatic heterocycles. The molecule has 2 aromatic heterocycles. The van der Waals surface area contributed by atoms with Gasteiger partial charge in [0.05, 0.1) is 34.0 Å². The summed E-state index contributed by atoms with van der Waals surface area (Å²) in [5.41, 5.74) is -5.55. The molecule has 2 aromatic carbocycles. The number of nitriles is 1. The van der Waals surface area contributed by atoms with Gasteiger partial charge in [-0.3, -0.25) is 10.2 Å². The van der Waals surface area contributed by atoms with Gasteiger partial charge in [0.25, 0.3) is 0 Å². The number of likely N-dealkylation sites (N-methyl/N-ethyl adjacent to an activating group) is 2. The van der Waals surface area contributed by atoms with Gasteiger partial charge in [-0.05, 0) is 93.0 Å². The van der Waals surface area contributed by atoms with E-state index >= 15 is 22.0 Å². The van der Waals surface area contributed by atoms with Crippen LogP contribution in [0.2, 0.25) is 0 Å². The van der Waals surface area contributed by atoms with Crippen molar-refractivity contribution >= 4 is 55.3 Å². The number of methoxy groups -OCH3 is 1. The van der Waals surface area contributed by atoms with Gasteiger partial charge in [-0.15, -0.1) is 11.3 Å². The Bertz CT molecular complexity index is 2370. The summed E-state index contributed by atoms with van der Waals surface area (Å²) in [7, 11) is 3.49. The van der Waals surface area contributed by atoms with Gasteiger partial charge in [-0.1, -0.05) is 6.07 Å². The molecule has 13 nitrogen and oxygen atoms in total. The van der Waals surface area contributed by atoms with Gasteiger partial charge in [0, 0.05) is 49.1 Å². The number of benzene rings is 2. The predicted molar refractivity (Wildman–Crippen MR) is 221 cm³/mol. The van der Waals surface area contributed by atoms with Crippen molar-refractivity contribution < 1.29 is 50.5 Å². The normalized spacial score (nSPS) is 20.0. The van der Waals surface area contributed by atoms with Crippen molar-refractivity contribution in [1.29, 1.82) is 5.26 Å². The molecule has 4 aromatic rings. The van der Waals surface area contributed by atoms with Crippen LogP contribution in [0.4, 0.5) is 42.4 Å². The summed E-state index contributed by atoms with van der Waals surface area (Å²) >= 11 is 0.597. The minimum atomic E-state index is -5.20. The van der Waals surface area contributed by atoms with Crippen LogP contribution in [0.25, 0.3) is 32.1 Å². The second kappa shape index (κ2) is 17.0. The number of amides is 2. The number of thiophene rings is 1. The zero-order valence-corrected chi connectivity index (χ0v) is 36.5. The Kier molecular flexibility index (Phi) is 12.7. The molecule has 0 unspecified atom stereocenters. The molecule has 2 amide bonds. The van der Waals surface area contributed by atoms with E-state index in [9.17, 15) is 14.9 Å². The number of fused-ring (bicyclic) bond motifs is 2. The van der Waals surface area contributed by atoms with Crippen LogP contribution in [0.3, 0.4) is 0 Å². The summed E-state index contributed by atoms with van der Waals surface area (Å²) in [6.45, 7) is 14.7. The summed E-state index contributed by atoms with van der Waals surface area (Å²) in [6.07, 6.45) is -5.82. The number of halogens is 5. The van der Waals surface area contributed by atoms with Gasteiger partial charge in [0.1, 0.15) is 46.0 Å². The van der Waals surface area contributed by atoms with Crippen molar-refractivity contribution in [3.8, 4) is 23.2 Å². The Morgan fingerprint density at radius 3 is 2.36 bits per heavy atom. The molecule has 1 N–H and O–H groups in total. The van der Waals surface area contributed by atoms with E-state index in [2.05, 4.69) is 15.3 Å². The van der Waals surface area contributed by atoms with Gasteiger partial charge < -0.3 is 28.7 Å². The van der Waals surface area contributed by atoms with E-state index in [1.54, 1.807) is 72.3 Å². The highest BCUT2D eigenvalue weighted by atomic mass is 32.1. The average Bonchev–Trinajstić information content (AvgIpc) is 3.84. The summed E-state index contributed by atoms with van der Waals surface area (Å²) in [6, 6.07) is 2.98. The van der Waals surface area contributed by atoms with Crippen molar-refractivity contribution in [1.82, 2.24) is 19.8 Å². The number of alkyl halides is 3. The molecule has 2 fully saturated rings. The molecule has 2 aliphatic rings. The van der Waals surface area contributed by atoms with Crippen LogP contribution < -0.4 is 15.0 Å². The Labute approximate surface area is 354 Å². The average molecular weight is 876 g/mol. The van der Waals surface area contributed by atoms with E-state index in [0.717, 1.165) is 18.2 Å². The van der Waals surface area contributed by atoms with Crippen molar-refractivity contribution in [3.63, 3.8) is 0 Å². The first-order valence-corrected chi connectivity index (χ1v) is 20.7. The minimum absolute atomic E-state index is 0.0429. The van der Waals surface area contributed by atoms with Crippen molar-refractivity contribution in [3.05, 3.63) is 41.0 Å². The smallest absolute Gasteiger partial charge is 0.417 e. The molecule has 0 bridgehead atoms. The number of likely N-dealkylation sites (tertiary alicyclic amines) is 2.